The molecule has 192 valence electrons. The van der Waals surface area contributed by atoms with E-state index in [1.807, 2.05) is 55.5 Å². The van der Waals surface area contributed by atoms with Crippen LogP contribution in [0, 0.1) is 24.7 Å². The number of hydrogen-bond donors (Lipinski definition) is 0. The summed E-state index contributed by atoms with van der Waals surface area (Å²) in [5, 5.41) is 1.99. The molecule has 6 rings (SSSR count). The highest BCUT2D eigenvalue weighted by Gasteiger charge is 2.49. The van der Waals surface area contributed by atoms with Gasteiger partial charge < -0.3 is 9.64 Å². The average Bonchev–Trinajstić information content (AvgIpc) is 3.41. The fourth-order valence-corrected chi connectivity index (χ4v) is 5.96. The molecule has 0 spiro atoms. The molecular formula is C31H28N2O5. The van der Waals surface area contributed by atoms with Gasteiger partial charge in [-0.15, -0.1) is 0 Å². The van der Waals surface area contributed by atoms with Gasteiger partial charge >= 0.3 is 5.97 Å². The fourth-order valence-electron chi connectivity index (χ4n) is 5.96. The molecule has 3 amide bonds. The third-order valence-corrected chi connectivity index (χ3v) is 7.97. The van der Waals surface area contributed by atoms with E-state index in [1.165, 1.54) is 4.90 Å². The van der Waals surface area contributed by atoms with Crippen molar-refractivity contribution in [2.24, 2.45) is 17.8 Å². The summed E-state index contributed by atoms with van der Waals surface area (Å²) in [4.78, 5) is 55.0. The molecule has 38 heavy (non-hydrogen) atoms. The molecule has 3 aromatic carbocycles. The van der Waals surface area contributed by atoms with Crippen LogP contribution >= 0.6 is 0 Å². The number of carbonyl (C=O) groups excluding carboxylic acids is 4. The van der Waals surface area contributed by atoms with Crippen molar-refractivity contribution in [2.75, 3.05) is 16.3 Å². The molecule has 1 aliphatic carbocycles. The lowest BCUT2D eigenvalue weighted by atomic mass is 9.82. The van der Waals surface area contributed by atoms with Crippen LogP contribution in [0.25, 0.3) is 10.8 Å². The van der Waals surface area contributed by atoms with Crippen molar-refractivity contribution in [3.05, 3.63) is 77.9 Å². The van der Waals surface area contributed by atoms with Gasteiger partial charge in [-0.3, -0.25) is 19.2 Å². The first-order valence-corrected chi connectivity index (χ1v) is 13.0. The zero-order valence-electron chi connectivity index (χ0n) is 21.3. The van der Waals surface area contributed by atoms with Crippen molar-refractivity contribution in [1.29, 1.82) is 0 Å². The number of carbonyl (C=O) groups is 4. The summed E-state index contributed by atoms with van der Waals surface area (Å²) in [7, 11) is 0. The van der Waals surface area contributed by atoms with Crippen LogP contribution < -0.4 is 14.5 Å². The highest BCUT2D eigenvalue weighted by Crippen LogP contribution is 2.41. The maximum absolute atomic E-state index is 13.1. The second-order valence-electron chi connectivity index (χ2n) is 10.5. The van der Waals surface area contributed by atoms with E-state index < -0.39 is 11.9 Å². The lowest BCUT2D eigenvalue weighted by molar-refractivity contribution is -0.139. The lowest BCUT2D eigenvalue weighted by Gasteiger charge is -2.19. The predicted octanol–water partition coefficient (Wildman–Crippen LogP) is 4.95. The standard InChI is InChI=1S/C31H28N2O5/c1-18-10-12-24-25(14-18)30(36)33(29(24)35)26-13-11-22(15-19(26)2)38-31(37)21-16-28(34)32(17-21)27-9-5-7-20-6-3-4-8-23(20)27/h3-11,13,15,21,24-25H,12,14,16-17H2,1-2H3/t21-,24+,25+/m1/s1. The zero-order valence-corrected chi connectivity index (χ0v) is 21.3. The lowest BCUT2D eigenvalue weighted by Crippen LogP contribution is -2.31. The summed E-state index contributed by atoms with van der Waals surface area (Å²) >= 11 is 0. The second kappa shape index (κ2) is 9.24. The molecular weight excluding hydrogens is 480 g/mol. The van der Waals surface area contributed by atoms with Crippen LogP contribution in [0.5, 0.6) is 5.75 Å². The molecule has 0 bridgehead atoms. The van der Waals surface area contributed by atoms with Crippen molar-refractivity contribution in [3.8, 4) is 5.75 Å². The van der Waals surface area contributed by atoms with E-state index in [9.17, 15) is 19.2 Å². The van der Waals surface area contributed by atoms with Crippen molar-refractivity contribution >= 4 is 45.8 Å². The maximum atomic E-state index is 13.1. The maximum Gasteiger partial charge on any atom is 0.316 e. The van der Waals surface area contributed by atoms with Gasteiger partial charge in [-0.2, -0.15) is 0 Å². The molecule has 0 saturated carbocycles. The summed E-state index contributed by atoms with van der Waals surface area (Å²) in [6, 6.07) is 18.6. The minimum absolute atomic E-state index is 0.0755. The summed E-state index contributed by atoms with van der Waals surface area (Å²) in [6.45, 7) is 4.03. The number of fused-ring (bicyclic) bond motifs is 2. The summed E-state index contributed by atoms with van der Waals surface area (Å²) in [5.41, 5.74) is 3.11. The van der Waals surface area contributed by atoms with Gasteiger partial charge in [-0.25, -0.2) is 4.90 Å². The third-order valence-electron chi connectivity index (χ3n) is 7.97. The summed E-state index contributed by atoms with van der Waals surface area (Å²) in [5.74, 6) is -1.83. The Balaban J connectivity index is 1.17. The van der Waals surface area contributed by atoms with Gasteiger partial charge in [-0.1, -0.05) is 48.0 Å². The Morgan fingerprint density at radius 1 is 0.868 bits per heavy atom. The first-order chi connectivity index (χ1) is 18.3. The molecule has 2 aliphatic heterocycles. The average molecular weight is 509 g/mol. The molecule has 7 heteroatoms. The smallest absolute Gasteiger partial charge is 0.316 e. The fraction of sp³-hybridized carbons (Fsp3) is 0.290. The number of benzene rings is 3. The van der Waals surface area contributed by atoms with E-state index >= 15 is 0 Å². The van der Waals surface area contributed by atoms with Gasteiger partial charge in [0.15, 0.2) is 0 Å². The number of ether oxygens (including phenoxy) is 1. The van der Waals surface area contributed by atoms with Gasteiger partial charge in [0.05, 0.1) is 29.1 Å². The Morgan fingerprint density at radius 2 is 1.63 bits per heavy atom. The first-order valence-electron chi connectivity index (χ1n) is 13.0. The Morgan fingerprint density at radius 3 is 2.45 bits per heavy atom. The summed E-state index contributed by atoms with van der Waals surface area (Å²) < 4.78 is 5.66. The SMILES string of the molecule is CC1=CC[C@@H]2C(=O)N(c3ccc(OC(=O)[C@@H]4CC(=O)N(c5cccc6ccccc56)C4)cc3C)C(=O)[C@H]2C1. The minimum atomic E-state index is -0.595. The molecule has 2 heterocycles. The number of hydrogen-bond acceptors (Lipinski definition) is 5. The highest BCUT2D eigenvalue weighted by atomic mass is 16.5. The van der Waals surface area contributed by atoms with E-state index in [-0.39, 0.29) is 42.5 Å². The molecule has 0 unspecified atom stereocenters. The van der Waals surface area contributed by atoms with E-state index in [0.29, 0.717) is 29.8 Å². The topological polar surface area (TPSA) is 84.0 Å². The molecule has 2 saturated heterocycles. The van der Waals surface area contributed by atoms with Crippen LogP contribution in [0.4, 0.5) is 11.4 Å². The molecule has 7 nitrogen and oxygen atoms in total. The molecule has 2 fully saturated rings. The number of rotatable bonds is 4. The van der Waals surface area contributed by atoms with E-state index in [4.69, 9.17) is 4.74 Å². The van der Waals surface area contributed by atoms with Gasteiger partial charge in [0.25, 0.3) is 0 Å². The van der Waals surface area contributed by atoms with Crippen molar-refractivity contribution in [2.45, 2.75) is 33.1 Å². The van der Waals surface area contributed by atoms with E-state index in [1.54, 1.807) is 30.0 Å². The van der Waals surface area contributed by atoms with Crippen LogP contribution in [0.1, 0.15) is 31.7 Å². The number of esters is 1. The molecule has 3 aliphatic rings. The highest BCUT2D eigenvalue weighted by molar-refractivity contribution is 6.22. The van der Waals surface area contributed by atoms with Crippen molar-refractivity contribution in [1.82, 2.24) is 0 Å². The minimum Gasteiger partial charge on any atom is -0.426 e. The predicted molar refractivity (Wildman–Crippen MR) is 144 cm³/mol. The van der Waals surface area contributed by atoms with Gasteiger partial charge in [-0.05, 0) is 61.9 Å². The number of amides is 3. The normalized spacial score (nSPS) is 23.2. The Labute approximate surface area is 220 Å². The zero-order chi connectivity index (χ0) is 26.6. The van der Waals surface area contributed by atoms with Crippen LogP contribution in [-0.4, -0.2) is 30.2 Å². The molecule has 0 radical (unpaired) electrons. The Hall–Kier alpha value is -4.26. The van der Waals surface area contributed by atoms with Gasteiger partial charge in [0, 0.05) is 18.4 Å². The number of aryl methyl sites for hydroxylation is 1. The number of allylic oxidation sites excluding steroid dienone is 2. The number of nitrogens with zero attached hydrogens (tertiary/aromatic N) is 2. The van der Waals surface area contributed by atoms with E-state index in [2.05, 4.69) is 0 Å². The van der Waals surface area contributed by atoms with Crippen LogP contribution in [0.2, 0.25) is 0 Å². The quantitative estimate of drug-likeness (QED) is 0.215. The second-order valence-corrected chi connectivity index (χ2v) is 10.5. The molecule has 3 aromatic rings. The van der Waals surface area contributed by atoms with Gasteiger partial charge in [0.2, 0.25) is 17.7 Å². The third kappa shape index (κ3) is 3.99. The monoisotopic (exact) mass is 508 g/mol. The van der Waals surface area contributed by atoms with Gasteiger partial charge in [0.1, 0.15) is 5.75 Å². The van der Waals surface area contributed by atoms with Crippen LogP contribution in [0.3, 0.4) is 0 Å². The molecule has 3 atom stereocenters. The van der Waals surface area contributed by atoms with Crippen LogP contribution in [0.15, 0.2) is 72.3 Å². The Bertz CT molecular complexity index is 1540. The largest absolute Gasteiger partial charge is 0.426 e. The number of anilines is 2. The first kappa shape index (κ1) is 24.1. The molecule has 0 N–H and O–H groups in total. The van der Waals surface area contributed by atoms with Crippen LogP contribution in [-0.2, 0) is 19.2 Å². The molecule has 0 aromatic heterocycles. The van der Waals surface area contributed by atoms with Crippen molar-refractivity contribution in [3.63, 3.8) is 0 Å². The van der Waals surface area contributed by atoms with E-state index in [0.717, 1.165) is 22.0 Å². The number of imide groups is 1. The Kier molecular flexibility index (Phi) is 5.86. The van der Waals surface area contributed by atoms with Crippen molar-refractivity contribution < 1.29 is 23.9 Å². The summed E-state index contributed by atoms with van der Waals surface area (Å²) in [6.07, 6.45) is 3.31.